The summed E-state index contributed by atoms with van der Waals surface area (Å²) >= 11 is 0. The van der Waals surface area contributed by atoms with Crippen molar-refractivity contribution in [2.45, 2.75) is 66.2 Å². The lowest BCUT2D eigenvalue weighted by Gasteiger charge is -2.53. The van der Waals surface area contributed by atoms with Crippen LogP contribution in [0.3, 0.4) is 0 Å². The molecule has 0 bridgehead atoms. The average Bonchev–Trinajstić information content (AvgIpc) is 2.35. The summed E-state index contributed by atoms with van der Waals surface area (Å²) in [6.45, 7) is 13.6. The van der Waals surface area contributed by atoms with Crippen molar-refractivity contribution in [1.82, 2.24) is 5.32 Å². The van der Waals surface area contributed by atoms with Gasteiger partial charge in [0.2, 0.25) is 0 Å². The molecule has 4 heteroatoms. The van der Waals surface area contributed by atoms with Crippen molar-refractivity contribution in [3.63, 3.8) is 0 Å². The van der Waals surface area contributed by atoms with Crippen LogP contribution in [0.4, 0.5) is 0 Å². The highest BCUT2D eigenvalue weighted by atomic mass is 16.5. The molecule has 1 fully saturated rings. The van der Waals surface area contributed by atoms with Crippen LogP contribution in [0.1, 0.15) is 48.0 Å². The molecule has 0 saturated heterocycles. The number of carbonyl (C=O) groups excluding carboxylic acids is 1. The van der Waals surface area contributed by atoms with Crippen LogP contribution in [0.25, 0.3) is 0 Å². The monoisotopic (exact) mass is 285 g/mol. The second-order valence-electron chi connectivity index (χ2n) is 7.24. The average molecular weight is 285 g/mol. The van der Waals surface area contributed by atoms with Gasteiger partial charge in [0.25, 0.3) is 0 Å². The Morgan fingerprint density at radius 3 is 2.30 bits per heavy atom. The Bertz CT molecular complexity index is 326. The second-order valence-corrected chi connectivity index (χ2v) is 7.24. The third-order valence-electron chi connectivity index (χ3n) is 4.31. The molecule has 3 unspecified atom stereocenters. The van der Waals surface area contributed by atoms with Crippen molar-refractivity contribution < 1.29 is 14.3 Å². The Kier molecular flexibility index (Phi) is 6.02. The third-order valence-corrected chi connectivity index (χ3v) is 4.31. The zero-order valence-corrected chi connectivity index (χ0v) is 14.0. The van der Waals surface area contributed by atoms with Gasteiger partial charge in [-0.1, -0.05) is 41.5 Å². The molecule has 1 rings (SSSR count). The van der Waals surface area contributed by atoms with Gasteiger partial charge >= 0.3 is 5.97 Å². The minimum absolute atomic E-state index is 0.0516. The van der Waals surface area contributed by atoms with Crippen LogP contribution >= 0.6 is 0 Å². The smallest absolute Gasteiger partial charge is 0.323 e. The minimum atomic E-state index is -0.240. The fraction of sp³-hybridized carbons (Fsp3) is 0.938. The molecule has 0 aliphatic heterocycles. The van der Waals surface area contributed by atoms with E-state index in [1.807, 2.05) is 13.8 Å². The van der Waals surface area contributed by atoms with Crippen molar-refractivity contribution in [3.8, 4) is 0 Å². The lowest BCUT2D eigenvalue weighted by Crippen LogP contribution is -2.64. The molecule has 20 heavy (non-hydrogen) atoms. The van der Waals surface area contributed by atoms with E-state index in [2.05, 4.69) is 33.0 Å². The van der Waals surface area contributed by atoms with Gasteiger partial charge in [-0.3, -0.25) is 4.79 Å². The number of rotatable bonds is 7. The van der Waals surface area contributed by atoms with Crippen LogP contribution in [0.2, 0.25) is 0 Å². The van der Waals surface area contributed by atoms with E-state index >= 15 is 0 Å². The van der Waals surface area contributed by atoms with Crippen molar-refractivity contribution in [2.75, 3.05) is 13.7 Å². The van der Waals surface area contributed by atoms with Gasteiger partial charge in [-0.25, -0.2) is 0 Å². The van der Waals surface area contributed by atoms with Crippen LogP contribution < -0.4 is 5.32 Å². The molecule has 0 spiro atoms. The normalized spacial score (nSPS) is 26.4. The van der Waals surface area contributed by atoms with E-state index < -0.39 is 0 Å². The van der Waals surface area contributed by atoms with Gasteiger partial charge < -0.3 is 14.8 Å². The van der Waals surface area contributed by atoms with Gasteiger partial charge in [0.15, 0.2) is 0 Å². The van der Waals surface area contributed by atoms with E-state index in [0.29, 0.717) is 12.0 Å². The molecule has 1 saturated carbocycles. The van der Waals surface area contributed by atoms with Crippen LogP contribution in [-0.4, -0.2) is 37.9 Å². The minimum Gasteiger partial charge on any atom is -0.468 e. The summed E-state index contributed by atoms with van der Waals surface area (Å²) in [4.78, 5) is 11.8. The van der Waals surface area contributed by atoms with Gasteiger partial charge in [-0.2, -0.15) is 0 Å². The summed E-state index contributed by atoms with van der Waals surface area (Å²) in [5.74, 6) is 0.590. The van der Waals surface area contributed by atoms with Gasteiger partial charge in [0, 0.05) is 18.1 Å². The van der Waals surface area contributed by atoms with Crippen LogP contribution in [0, 0.1) is 17.3 Å². The molecule has 1 aliphatic carbocycles. The SMILES string of the molecule is COC(=O)C(NC1CC(OCC(C)C)C1(C)C)C(C)C. The van der Waals surface area contributed by atoms with E-state index in [0.717, 1.165) is 13.0 Å². The largest absolute Gasteiger partial charge is 0.468 e. The summed E-state index contributed by atoms with van der Waals surface area (Å²) in [5, 5.41) is 3.46. The third kappa shape index (κ3) is 3.95. The first-order valence-corrected chi connectivity index (χ1v) is 7.65. The Hall–Kier alpha value is -0.610. The van der Waals surface area contributed by atoms with Gasteiger partial charge in [-0.05, 0) is 18.3 Å². The second kappa shape index (κ2) is 6.90. The standard InChI is InChI=1S/C16H31NO3/c1-10(2)9-20-13-8-12(16(13,5)6)17-14(11(3)4)15(18)19-7/h10-14,17H,8-9H2,1-7H3. The number of esters is 1. The maximum atomic E-state index is 11.8. The number of ether oxygens (including phenoxy) is 2. The highest BCUT2D eigenvalue weighted by Gasteiger charge is 2.50. The molecule has 0 aromatic heterocycles. The Balaban J connectivity index is 2.55. The Morgan fingerprint density at radius 1 is 1.30 bits per heavy atom. The highest BCUT2D eigenvalue weighted by molar-refractivity contribution is 5.76. The summed E-state index contributed by atoms with van der Waals surface area (Å²) in [7, 11) is 1.44. The molecule has 118 valence electrons. The molecule has 1 aliphatic rings. The molecular formula is C16H31NO3. The van der Waals surface area contributed by atoms with Crippen molar-refractivity contribution in [3.05, 3.63) is 0 Å². The topological polar surface area (TPSA) is 47.6 Å². The first-order valence-electron chi connectivity index (χ1n) is 7.65. The lowest BCUT2D eigenvalue weighted by atomic mass is 9.64. The molecule has 0 heterocycles. The summed E-state index contributed by atoms with van der Waals surface area (Å²) in [5.41, 5.74) is 0.0516. The highest BCUT2D eigenvalue weighted by Crippen LogP contribution is 2.43. The molecule has 0 amide bonds. The Morgan fingerprint density at radius 2 is 1.90 bits per heavy atom. The van der Waals surface area contributed by atoms with Crippen molar-refractivity contribution >= 4 is 5.97 Å². The molecule has 0 aromatic carbocycles. The maximum absolute atomic E-state index is 11.8. The van der Waals surface area contributed by atoms with Crippen LogP contribution in [0.15, 0.2) is 0 Å². The molecular weight excluding hydrogens is 254 g/mol. The predicted octanol–water partition coefficient (Wildman–Crippen LogP) is 2.61. The van der Waals surface area contributed by atoms with E-state index in [1.54, 1.807) is 0 Å². The number of nitrogens with one attached hydrogen (secondary N) is 1. The first kappa shape index (κ1) is 17.4. The zero-order valence-electron chi connectivity index (χ0n) is 14.0. The summed E-state index contributed by atoms with van der Waals surface area (Å²) in [6, 6.07) is 0.0569. The van der Waals surface area contributed by atoms with Crippen LogP contribution in [0.5, 0.6) is 0 Å². The fourth-order valence-electron chi connectivity index (χ4n) is 2.64. The maximum Gasteiger partial charge on any atom is 0.323 e. The predicted molar refractivity (Wildman–Crippen MR) is 80.5 cm³/mol. The van der Waals surface area contributed by atoms with E-state index in [-0.39, 0.29) is 29.4 Å². The lowest BCUT2D eigenvalue weighted by molar-refractivity contribution is -0.150. The number of carbonyl (C=O) groups is 1. The number of hydrogen-bond donors (Lipinski definition) is 1. The first-order chi connectivity index (χ1) is 9.20. The molecule has 4 nitrogen and oxygen atoms in total. The van der Waals surface area contributed by atoms with Gasteiger partial charge in [0.1, 0.15) is 6.04 Å². The molecule has 0 radical (unpaired) electrons. The summed E-state index contributed by atoms with van der Waals surface area (Å²) in [6.07, 6.45) is 1.23. The van der Waals surface area contributed by atoms with Crippen molar-refractivity contribution in [1.29, 1.82) is 0 Å². The Labute approximate surface area is 123 Å². The molecule has 3 atom stereocenters. The number of hydrogen-bond acceptors (Lipinski definition) is 4. The molecule has 1 N–H and O–H groups in total. The summed E-state index contributed by atoms with van der Waals surface area (Å²) < 4.78 is 10.8. The quantitative estimate of drug-likeness (QED) is 0.730. The van der Waals surface area contributed by atoms with Gasteiger partial charge in [0.05, 0.1) is 13.2 Å². The van der Waals surface area contributed by atoms with E-state index in [9.17, 15) is 4.79 Å². The number of methoxy groups -OCH3 is 1. The van der Waals surface area contributed by atoms with E-state index in [1.165, 1.54) is 7.11 Å². The van der Waals surface area contributed by atoms with Crippen molar-refractivity contribution in [2.24, 2.45) is 17.3 Å². The zero-order chi connectivity index (χ0) is 15.5. The van der Waals surface area contributed by atoms with Crippen LogP contribution in [-0.2, 0) is 14.3 Å². The van der Waals surface area contributed by atoms with Gasteiger partial charge in [-0.15, -0.1) is 0 Å². The van der Waals surface area contributed by atoms with E-state index in [4.69, 9.17) is 9.47 Å². The fourth-order valence-corrected chi connectivity index (χ4v) is 2.64. The molecule has 0 aromatic rings.